The lowest BCUT2D eigenvalue weighted by molar-refractivity contribution is 0.942. The second kappa shape index (κ2) is 8.63. The first-order chi connectivity index (χ1) is 16.3. The molecular formula is C28H17N5. The zero-order valence-corrected chi connectivity index (χ0v) is 17.6. The Bertz CT molecular complexity index is 1550. The van der Waals surface area contributed by atoms with Gasteiger partial charge in [-0.2, -0.15) is 15.6 Å². The summed E-state index contributed by atoms with van der Waals surface area (Å²) < 4.78 is 1.66. The molecule has 0 aliphatic carbocycles. The van der Waals surface area contributed by atoms with Crippen LogP contribution in [0.15, 0.2) is 97.1 Å². The Labute approximate surface area is 191 Å². The molecule has 0 saturated heterocycles. The number of hydrogen-bond donors (Lipinski definition) is 0. The number of hydrogen-bond acceptors (Lipinski definition) is 4. The molecule has 154 valence electrons. The molecule has 5 aromatic rings. The Kier molecular flexibility index (Phi) is 5.21. The number of benzene rings is 3. The van der Waals surface area contributed by atoms with Gasteiger partial charge >= 0.3 is 0 Å². The summed E-state index contributed by atoms with van der Waals surface area (Å²) in [4.78, 5) is 4.79. The van der Waals surface area contributed by atoms with Crippen molar-refractivity contribution in [3.8, 4) is 34.7 Å². The van der Waals surface area contributed by atoms with E-state index in [9.17, 15) is 10.5 Å². The van der Waals surface area contributed by atoms with Crippen LogP contribution in [0.3, 0.4) is 0 Å². The van der Waals surface area contributed by atoms with Crippen molar-refractivity contribution in [1.29, 1.82) is 10.5 Å². The summed E-state index contributed by atoms with van der Waals surface area (Å²) >= 11 is 0. The van der Waals surface area contributed by atoms with E-state index in [-0.39, 0.29) is 5.56 Å². The number of nitrogens with zero attached hydrogens (tertiary/aromatic N) is 5. The lowest BCUT2D eigenvalue weighted by Crippen LogP contribution is -1.99. The third-order valence-corrected chi connectivity index (χ3v) is 5.33. The highest BCUT2D eigenvalue weighted by molar-refractivity contribution is 5.92. The van der Waals surface area contributed by atoms with Crippen LogP contribution in [0.2, 0.25) is 0 Å². The van der Waals surface area contributed by atoms with Gasteiger partial charge in [0.25, 0.3) is 0 Å². The summed E-state index contributed by atoms with van der Waals surface area (Å²) in [6.07, 6.45) is 1.74. The Morgan fingerprint density at radius 2 is 1.39 bits per heavy atom. The van der Waals surface area contributed by atoms with E-state index >= 15 is 0 Å². The average molecular weight is 423 g/mol. The van der Waals surface area contributed by atoms with Gasteiger partial charge in [0.15, 0.2) is 5.65 Å². The van der Waals surface area contributed by atoms with Gasteiger partial charge < -0.3 is 0 Å². The van der Waals surface area contributed by atoms with E-state index in [0.717, 1.165) is 28.1 Å². The van der Waals surface area contributed by atoms with Crippen LogP contribution < -0.4 is 0 Å². The molecule has 0 amide bonds. The molecule has 5 heteroatoms. The molecule has 33 heavy (non-hydrogen) atoms. The van der Waals surface area contributed by atoms with Gasteiger partial charge in [0, 0.05) is 11.1 Å². The van der Waals surface area contributed by atoms with Gasteiger partial charge in [0.2, 0.25) is 0 Å². The highest BCUT2D eigenvalue weighted by atomic mass is 15.3. The second-order valence-corrected chi connectivity index (χ2v) is 7.41. The zero-order valence-electron chi connectivity index (χ0n) is 17.6. The number of allylic oxidation sites excluding steroid dienone is 1. The first-order valence-electron chi connectivity index (χ1n) is 10.4. The third-order valence-electron chi connectivity index (χ3n) is 5.33. The summed E-state index contributed by atoms with van der Waals surface area (Å²) in [6, 6.07) is 35.6. The molecule has 0 aliphatic heterocycles. The smallest absolute Gasteiger partial charge is 0.174 e. The van der Waals surface area contributed by atoms with Crippen LogP contribution in [-0.4, -0.2) is 14.6 Å². The molecule has 0 spiro atoms. The number of aromatic nitrogens is 3. The minimum atomic E-state index is 0.272. The maximum absolute atomic E-state index is 10.1. The highest BCUT2D eigenvalue weighted by Gasteiger charge is 2.21. The van der Waals surface area contributed by atoms with Crippen LogP contribution in [0.25, 0.3) is 39.8 Å². The van der Waals surface area contributed by atoms with E-state index in [4.69, 9.17) is 10.1 Å². The Morgan fingerprint density at radius 1 is 0.788 bits per heavy atom. The molecule has 0 fully saturated rings. The lowest BCUT2D eigenvalue weighted by atomic mass is 10.1. The maximum atomic E-state index is 10.1. The quantitative estimate of drug-likeness (QED) is 0.332. The van der Waals surface area contributed by atoms with Crippen LogP contribution >= 0.6 is 0 Å². The molecule has 5 nitrogen and oxygen atoms in total. The van der Waals surface area contributed by atoms with Gasteiger partial charge in [-0.15, -0.1) is 0 Å². The second-order valence-electron chi connectivity index (χ2n) is 7.41. The van der Waals surface area contributed by atoms with Gasteiger partial charge in [-0.1, -0.05) is 91.0 Å². The fourth-order valence-electron chi connectivity index (χ4n) is 3.75. The van der Waals surface area contributed by atoms with Crippen molar-refractivity contribution in [2.75, 3.05) is 0 Å². The lowest BCUT2D eigenvalue weighted by Gasteiger charge is -2.08. The zero-order chi connectivity index (χ0) is 22.6. The standard InChI is InChI=1S/C28H17N5/c29-18-23(16-20-10-4-1-5-11-20)27-24(19-30)28-31-25(21-12-6-2-7-13-21)17-26(33(28)32-27)22-14-8-3-9-15-22/h1-17H. The fourth-order valence-corrected chi connectivity index (χ4v) is 3.75. The summed E-state index contributed by atoms with van der Waals surface area (Å²) in [6.45, 7) is 0. The minimum Gasteiger partial charge on any atom is -0.227 e. The molecule has 2 aromatic heterocycles. The third kappa shape index (κ3) is 3.76. The number of rotatable bonds is 4. The van der Waals surface area contributed by atoms with E-state index in [1.54, 1.807) is 10.6 Å². The topological polar surface area (TPSA) is 77.8 Å². The summed E-state index contributed by atoms with van der Waals surface area (Å²) in [7, 11) is 0. The predicted octanol–water partition coefficient (Wildman–Crippen LogP) is 6.00. The first kappa shape index (κ1) is 19.9. The summed E-state index contributed by atoms with van der Waals surface area (Å²) in [5, 5.41) is 24.7. The van der Waals surface area contributed by atoms with Crippen molar-refractivity contribution in [3.05, 3.63) is 114 Å². The fraction of sp³-hybridized carbons (Fsp3) is 0. The predicted molar refractivity (Wildman–Crippen MR) is 128 cm³/mol. The Morgan fingerprint density at radius 3 is 2.00 bits per heavy atom. The molecule has 0 N–H and O–H groups in total. The Hall–Kier alpha value is -5.00. The van der Waals surface area contributed by atoms with Crippen molar-refractivity contribution in [2.24, 2.45) is 0 Å². The molecule has 0 radical (unpaired) electrons. The van der Waals surface area contributed by atoms with Crippen molar-refractivity contribution >= 4 is 17.3 Å². The number of fused-ring (bicyclic) bond motifs is 1. The molecule has 3 aromatic carbocycles. The molecular weight excluding hydrogens is 406 g/mol. The van der Waals surface area contributed by atoms with Crippen LogP contribution in [0.5, 0.6) is 0 Å². The van der Waals surface area contributed by atoms with Crippen LogP contribution in [-0.2, 0) is 0 Å². The van der Waals surface area contributed by atoms with Gasteiger partial charge in [-0.25, -0.2) is 9.50 Å². The van der Waals surface area contributed by atoms with E-state index < -0.39 is 0 Å². The normalized spacial score (nSPS) is 11.2. The summed E-state index contributed by atoms with van der Waals surface area (Å²) in [5.74, 6) is 0. The number of nitriles is 2. The monoisotopic (exact) mass is 423 g/mol. The van der Waals surface area contributed by atoms with E-state index in [0.29, 0.717) is 16.9 Å². The van der Waals surface area contributed by atoms with Gasteiger partial charge in [0.05, 0.1) is 17.0 Å². The highest BCUT2D eigenvalue weighted by Crippen LogP contribution is 2.30. The molecule has 0 aliphatic rings. The average Bonchev–Trinajstić information content (AvgIpc) is 3.26. The molecule has 0 atom stereocenters. The van der Waals surface area contributed by atoms with E-state index in [1.807, 2.05) is 97.1 Å². The molecule has 2 heterocycles. The molecule has 0 bridgehead atoms. The van der Waals surface area contributed by atoms with E-state index in [1.165, 1.54) is 0 Å². The SMILES string of the molecule is N#CC(=Cc1ccccc1)c1nn2c(-c3ccccc3)cc(-c3ccccc3)nc2c1C#N. The van der Waals surface area contributed by atoms with Crippen LogP contribution in [0, 0.1) is 22.7 Å². The van der Waals surface area contributed by atoms with Crippen molar-refractivity contribution in [2.45, 2.75) is 0 Å². The van der Waals surface area contributed by atoms with Crippen LogP contribution in [0.4, 0.5) is 0 Å². The maximum Gasteiger partial charge on any atom is 0.174 e. The van der Waals surface area contributed by atoms with Crippen LogP contribution in [0.1, 0.15) is 16.8 Å². The largest absolute Gasteiger partial charge is 0.227 e. The summed E-state index contributed by atoms with van der Waals surface area (Å²) in [5.41, 5.74) is 5.57. The van der Waals surface area contributed by atoms with Crippen molar-refractivity contribution in [1.82, 2.24) is 14.6 Å². The molecule has 5 rings (SSSR count). The molecule has 0 unspecified atom stereocenters. The minimum absolute atomic E-state index is 0.272. The van der Waals surface area contributed by atoms with E-state index in [2.05, 4.69) is 12.1 Å². The van der Waals surface area contributed by atoms with Gasteiger partial charge in [0.1, 0.15) is 23.4 Å². The molecule has 0 saturated carbocycles. The van der Waals surface area contributed by atoms with Crippen molar-refractivity contribution in [3.63, 3.8) is 0 Å². The van der Waals surface area contributed by atoms with Gasteiger partial charge in [-0.3, -0.25) is 0 Å². The van der Waals surface area contributed by atoms with Gasteiger partial charge in [-0.05, 0) is 17.7 Å². The van der Waals surface area contributed by atoms with Crippen molar-refractivity contribution < 1.29 is 0 Å². The first-order valence-corrected chi connectivity index (χ1v) is 10.4. The Balaban J connectivity index is 1.81.